The number of rotatable bonds is 5. The van der Waals surface area contributed by atoms with Gasteiger partial charge in [0.25, 0.3) is 0 Å². The molecule has 0 aromatic carbocycles. The number of hydrogen-bond donors (Lipinski definition) is 2. The molecule has 2 aromatic heterocycles. The second-order valence-corrected chi connectivity index (χ2v) is 6.32. The van der Waals surface area contributed by atoms with Gasteiger partial charge in [0.15, 0.2) is 0 Å². The Morgan fingerprint density at radius 3 is 2.85 bits per heavy atom. The van der Waals surface area contributed by atoms with Crippen LogP contribution < -0.4 is 11.1 Å². The molecule has 0 unspecified atom stereocenters. The minimum Gasteiger partial charge on any atom is -0.382 e. The number of nitrogen functional groups attached to an aromatic ring is 1. The van der Waals surface area contributed by atoms with Crippen LogP contribution in [0, 0.1) is 6.92 Å². The number of amides is 1. The third-order valence-corrected chi connectivity index (χ3v) is 4.31. The molecule has 0 bridgehead atoms. The summed E-state index contributed by atoms with van der Waals surface area (Å²) in [6, 6.07) is 0. The molecule has 3 N–H and O–H groups in total. The summed E-state index contributed by atoms with van der Waals surface area (Å²) in [7, 11) is 3.49. The fraction of sp³-hybridized carbons (Fsp3) is 0.417. The molecule has 0 saturated carbocycles. The molecule has 2 aromatic rings. The van der Waals surface area contributed by atoms with Gasteiger partial charge in [0.2, 0.25) is 5.91 Å². The Kier molecular flexibility index (Phi) is 4.56. The second-order valence-electron chi connectivity index (χ2n) is 4.49. The molecule has 2 heterocycles. The number of anilines is 2. The number of aromatic nitrogens is 2. The highest BCUT2D eigenvalue weighted by atomic mass is 32.1. The van der Waals surface area contributed by atoms with E-state index in [0.717, 1.165) is 21.3 Å². The molecule has 0 aliphatic heterocycles. The van der Waals surface area contributed by atoms with Crippen LogP contribution in [-0.2, 0) is 4.79 Å². The molecule has 0 fully saturated rings. The number of nitrogens with two attached hydrogens (primary N) is 1. The summed E-state index contributed by atoms with van der Waals surface area (Å²) < 4.78 is 4.16. The molecule has 0 aliphatic rings. The first-order valence-corrected chi connectivity index (χ1v) is 7.76. The van der Waals surface area contributed by atoms with E-state index < -0.39 is 0 Å². The van der Waals surface area contributed by atoms with Crippen molar-refractivity contribution in [2.24, 2.45) is 0 Å². The Morgan fingerprint density at radius 1 is 1.50 bits per heavy atom. The first-order chi connectivity index (χ1) is 9.49. The summed E-state index contributed by atoms with van der Waals surface area (Å²) in [6.45, 7) is 2.50. The zero-order chi connectivity index (χ0) is 14.7. The van der Waals surface area contributed by atoms with Gasteiger partial charge in [-0.05, 0) is 18.5 Å². The minimum atomic E-state index is 0.0843. The summed E-state index contributed by atoms with van der Waals surface area (Å²) in [4.78, 5) is 17.5. The number of nitrogens with zero attached hydrogens (tertiary/aromatic N) is 3. The van der Waals surface area contributed by atoms with Gasteiger partial charge >= 0.3 is 0 Å². The predicted octanol–water partition coefficient (Wildman–Crippen LogP) is 2.05. The zero-order valence-electron chi connectivity index (χ0n) is 11.6. The molecular weight excluding hydrogens is 294 g/mol. The van der Waals surface area contributed by atoms with Crippen LogP contribution in [-0.4, -0.2) is 40.8 Å². The van der Waals surface area contributed by atoms with Crippen molar-refractivity contribution in [2.45, 2.75) is 13.3 Å². The van der Waals surface area contributed by atoms with Crippen LogP contribution in [0.3, 0.4) is 0 Å². The number of carbonyl (C=O) groups excluding carboxylic acids is 1. The average molecular weight is 311 g/mol. The van der Waals surface area contributed by atoms with E-state index in [4.69, 9.17) is 5.73 Å². The number of carbonyl (C=O) groups is 1. The third kappa shape index (κ3) is 3.26. The first kappa shape index (κ1) is 14.7. The molecule has 0 atom stereocenters. The molecule has 6 nitrogen and oxygen atoms in total. The van der Waals surface area contributed by atoms with E-state index in [1.807, 2.05) is 12.3 Å². The standard InChI is InChI=1S/C12H17N5OS2/c1-7-15-8(6-19-7)10-11(13)16-20-12(10)14-5-4-9(18)17(2)3/h6,14H,4-5H2,1-3H3,(H2,13,16). The lowest BCUT2D eigenvalue weighted by Crippen LogP contribution is -2.23. The van der Waals surface area contributed by atoms with Gasteiger partial charge in [-0.15, -0.1) is 11.3 Å². The van der Waals surface area contributed by atoms with Gasteiger partial charge in [-0.25, -0.2) is 4.98 Å². The van der Waals surface area contributed by atoms with E-state index in [1.165, 1.54) is 11.5 Å². The Labute approximate surface area is 125 Å². The number of thiazole rings is 1. The van der Waals surface area contributed by atoms with Crippen molar-refractivity contribution in [3.05, 3.63) is 10.4 Å². The maximum absolute atomic E-state index is 11.5. The van der Waals surface area contributed by atoms with Gasteiger partial charge in [0, 0.05) is 32.4 Å². The Bertz CT molecular complexity index is 605. The molecule has 20 heavy (non-hydrogen) atoms. The van der Waals surface area contributed by atoms with Crippen LogP contribution in [0.1, 0.15) is 11.4 Å². The molecule has 2 rings (SSSR count). The Balaban J connectivity index is 2.08. The van der Waals surface area contributed by atoms with Crippen molar-refractivity contribution >= 4 is 39.6 Å². The SMILES string of the molecule is Cc1nc(-c2c(N)nsc2NCCC(=O)N(C)C)cs1. The van der Waals surface area contributed by atoms with Gasteiger partial charge < -0.3 is 16.0 Å². The van der Waals surface area contributed by atoms with Crippen LogP contribution in [0.25, 0.3) is 11.3 Å². The fourth-order valence-corrected chi connectivity index (χ4v) is 3.01. The lowest BCUT2D eigenvalue weighted by atomic mass is 10.2. The van der Waals surface area contributed by atoms with E-state index in [1.54, 1.807) is 30.3 Å². The Hall–Kier alpha value is -1.67. The summed E-state index contributed by atoms with van der Waals surface area (Å²) in [6.07, 6.45) is 0.431. The maximum atomic E-state index is 11.5. The van der Waals surface area contributed by atoms with E-state index in [-0.39, 0.29) is 5.91 Å². The average Bonchev–Trinajstić information content (AvgIpc) is 2.95. The van der Waals surface area contributed by atoms with Gasteiger partial charge in [0.1, 0.15) is 10.8 Å². The lowest BCUT2D eigenvalue weighted by molar-refractivity contribution is -0.128. The molecule has 108 valence electrons. The predicted molar refractivity (Wildman–Crippen MR) is 84.2 cm³/mol. The topological polar surface area (TPSA) is 84.1 Å². The van der Waals surface area contributed by atoms with Crippen LogP contribution in [0.2, 0.25) is 0 Å². The molecule has 8 heteroatoms. The van der Waals surface area contributed by atoms with Gasteiger partial charge in [-0.1, -0.05) is 0 Å². The molecular formula is C12H17N5OS2. The first-order valence-electron chi connectivity index (χ1n) is 6.10. The van der Waals surface area contributed by atoms with Crippen molar-refractivity contribution in [1.29, 1.82) is 0 Å². The largest absolute Gasteiger partial charge is 0.382 e. The highest BCUT2D eigenvalue weighted by Gasteiger charge is 2.16. The molecule has 0 radical (unpaired) electrons. The summed E-state index contributed by atoms with van der Waals surface area (Å²) in [5.41, 5.74) is 7.57. The van der Waals surface area contributed by atoms with Crippen molar-refractivity contribution in [1.82, 2.24) is 14.3 Å². The normalized spacial score (nSPS) is 10.6. The van der Waals surface area contributed by atoms with Crippen LogP contribution >= 0.6 is 22.9 Å². The summed E-state index contributed by atoms with van der Waals surface area (Å²) in [5.74, 6) is 0.558. The van der Waals surface area contributed by atoms with Crippen molar-refractivity contribution < 1.29 is 4.79 Å². The second kappa shape index (κ2) is 6.19. The highest BCUT2D eigenvalue weighted by molar-refractivity contribution is 7.11. The van der Waals surface area contributed by atoms with Gasteiger partial charge in [0.05, 0.1) is 16.3 Å². The smallest absolute Gasteiger partial charge is 0.223 e. The zero-order valence-corrected chi connectivity index (χ0v) is 13.3. The van der Waals surface area contributed by atoms with Crippen LogP contribution in [0.5, 0.6) is 0 Å². The highest BCUT2D eigenvalue weighted by Crippen LogP contribution is 2.36. The van der Waals surface area contributed by atoms with E-state index in [9.17, 15) is 4.79 Å². The fourth-order valence-electron chi connectivity index (χ4n) is 1.66. The lowest BCUT2D eigenvalue weighted by Gasteiger charge is -2.10. The summed E-state index contributed by atoms with van der Waals surface area (Å²) >= 11 is 2.87. The van der Waals surface area contributed by atoms with Crippen molar-refractivity contribution in [3.8, 4) is 11.3 Å². The van der Waals surface area contributed by atoms with Gasteiger partial charge in [-0.2, -0.15) is 4.37 Å². The molecule has 0 aliphatic carbocycles. The maximum Gasteiger partial charge on any atom is 0.223 e. The monoisotopic (exact) mass is 311 g/mol. The van der Waals surface area contributed by atoms with E-state index in [0.29, 0.717) is 18.8 Å². The van der Waals surface area contributed by atoms with Gasteiger partial charge in [-0.3, -0.25) is 4.79 Å². The van der Waals surface area contributed by atoms with E-state index >= 15 is 0 Å². The number of nitrogens with one attached hydrogen (secondary N) is 1. The number of hydrogen-bond acceptors (Lipinski definition) is 7. The third-order valence-electron chi connectivity index (χ3n) is 2.72. The molecule has 0 spiro atoms. The molecule has 1 amide bonds. The van der Waals surface area contributed by atoms with Crippen LogP contribution in [0.4, 0.5) is 10.8 Å². The minimum absolute atomic E-state index is 0.0843. The summed E-state index contributed by atoms with van der Waals surface area (Å²) in [5, 5.41) is 7.03. The Morgan fingerprint density at radius 2 is 2.25 bits per heavy atom. The van der Waals surface area contributed by atoms with Crippen LogP contribution in [0.15, 0.2) is 5.38 Å². The van der Waals surface area contributed by atoms with Crippen molar-refractivity contribution in [3.63, 3.8) is 0 Å². The number of aryl methyl sites for hydroxylation is 1. The van der Waals surface area contributed by atoms with Crippen molar-refractivity contribution in [2.75, 3.05) is 31.7 Å². The van der Waals surface area contributed by atoms with E-state index in [2.05, 4.69) is 14.7 Å². The molecule has 0 saturated heterocycles. The quantitative estimate of drug-likeness (QED) is 0.883.